The summed E-state index contributed by atoms with van der Waals surface area (Å²) in [6.45, 7) is -0.151. The van der Waals surface area contributed by atoms with Gasteiger partial charge in [0.1, 0.15) is 11.6 Å². The van der Waals surface area contributed by atoms with E-state index in [9.17, 15) is 32.3 Å². The lowest BCUT2D eigenvalue weighted by molar-refractivity contribution is -0.143. The quantitative estimate of drug-likeness (QED) is 0.502. The van der Waals surface area contributed by atoms with E-state index in [0.717, 1.165) is 35.4 Å². The fourth-order valence-corrected chi connectivity index (χ4v) is 4.89. The van der Waals surface area contributed by atoms with Crippen LogP contribution in [0.3, 0.4) is 0 Å². The van der Waals surface area contributed by atoms with Crippen LogP contribution in [0.1, 0.15) is 52.7 Å². The number of aliphatic hydroxyl groups excluding tert-OH is 1. The summed E-state index contributed by atoms with van der Waals surface area (Å²) >= 11 is 6.14. The second-order valence-electron chi connectivity index (χ2n) is 9.05. The third-order valence-electron chi connectivity index (χ3n) is 6.82. The number of aromatic nitrogens is 2. The van der Waals surface area contributed by atoms with E-state index in [4.69, 9.17) is 11.6 Å². The zero-order valence-electron chi connectivity index (χ0n) is 18.7. The zero-order valence-corrected chi connectivity index (χ0v) is 19.5. The Kier molecular flexibility index (Phi) is 5.91. The molecule has 1 fully saturated rings. The summed E-state index contributed by atoms with van der Waals surface area (Å²) < 4.78 is 53.6. The Labute approximate surface area is 207 Å². The minimum absolute atomic E-state index is 0.0591. The van der Waals surface area contributed by atoms with Gasteiger partial charge in [-0.15, -0.1) is 0 Å². The molecule has 11 heteroatoms. The molecule has 2 N–H and O–H groups in total. The molecule has 0 saturated heterocycles. The second kappa shape index (κ2) is 8.70. The number of carbonyl (C=O) groups is 1. The lowest BCUT2D eigenvalue weighted by Crippen LogP contribution is -2.42. The molecule has 188 valence electrons. The van der Waals surface area contributed by atoms with Crippen LogP contribution >= 0.6 is 11.6 Å². The van der Waals surface area contributed by atoms with Crippen molar-refractivity contribution < 1.29 is 27.5 Å². The third-order valence-corrected chi connectivity index (χ3v) is 7.06. The van der Waals surface area contributed by atoms with Crippen LogP contribution in [0.15, 0.2) is 47.3 Å². The maximum Gasteiger partial charge on any atom is 0.419 e. The maximum absolute atomic E-state index is 14.5. The molecule has 2 heterocycles. The second-order valence-corrected chi connectivity index (χ2v) is 9.49. The van der Waals surface area contributed by atoms with Crippen molar-refractivity contribution in [1.29, 1.82) is 0 Å². The maximum atomic E-state index is 14.5. The van der Waals surface area contributed by atoms with Crippen molar-refractivity contribution in [3.63, 3.8) is 0 Å². The normalized spacial score (nSPS) is 17.4. The molecule has 1 saturated carbocycles. The number of hydrogen-bond acceptors (Lipinski definition) is 4. The highest BCUT2D eigenvalue weighted by Crippen LogP contribution is 2.52. The highest BCUT2D eigenvalue weighted by atomic mass is 35.5. The monoisotopic (exact) mass is 521 g/mol. The molecule has 36 heavy (non-hydrogen) atoms. The Balaban J connectivity index is 1.40. The average molecular weight is 522 g/mol. The predicted molar refractivity (Wildman–Crippen MR) is 122 cm³/mol. The summed E-state index contributed by atoms with van der Waals surface area (Å²) in [6, 6.07) is 9.73. The summed E-state index contributed by atoms with van der Waals surface area (Å²) in [7, 11) is 0. The van der Waals surface area contributed by atoms with Crippen molar-refractivity contribution in [2.45, 2.75) is 43.5 Å². The lowest BCUT2D eigenvalue weighted by atomic mass is 9.94. The molecule has 1 aliphatic carbocycles. The SMILES string of the molecule is O=C(C(O)c1cccc(C(F)(F)F)c1F)N1CCc2nc(C3(c4cccc(Cl)c4)CC3)[nH]c(=O)c2C1. The first kappa shape index (κ1) is 24.5. The Morgan fingerprint density at radius 1 is 1.19 bits per heavy atom. The number of hydrogen-bond donors (Lipinski definition) is 2. The fraction of sp³-hybridized carbons (Fsp3) is 0.320. The number of aromatic amines is 1. The topological polar surface area (TPSA) is 86.3 Å². The van der Waals surface area contributed by atoms with Gasteiger partial charge in [0.05, 0.1) is 28.8 Å². The van der Waals surface area contributed by atoms with E-state index in [1.165, 1.54) is 0 Å². The molecule has 0 spiro atoms. The standard InChI is InChI=1S/C25H20ClF4N3O3/c26-14-4-1-3-13(11-14)24(8-9-24)23-31-18-7-10-33(12-16(18)21(35)32-23)22(36)20(34)15-5-2-6-17(19(15)27)25(28,29)30/h1-6,11,20,34H,7-10,12H2,(H,31,32,35). The Morgan fingerprint density at radius 3 is 2.58 bits per heavy atom. The molecule has 1 atom stereocenters. The van der Waals surface area contributed by atoms with Gasteiger partial charge in [-0.05, 0) is 36.6 Å². The van der Waals surface area contributed by atoms with Gasteiger partial charge in [0.25, 0.3) is 11.5 Å². The van der Waals surface area contributed by atoms with Gasteiger partial charge in [-0.1, -0.05) is 35.9 Å². The molecule has 6 nitrogen and oxygen atoms in total. The number of H-pyrrole nitrogens is 1. The van der Waals surface area contributed by atoms with E-state index in [1.807, 2.05) is 18.2 Å². The van der Waals surface area contributed by atoms with Gasteiger partial charge in [-0.3, -0.25) is 9.59 Å². The van der Waals surface area contributed by atoms with Gasteiger partial charge in [0, 0.05) is 23.6 Å². The minimum Gasteiger partial charge on any atom is -0.378 e. The van der Waals surface area contributed by atoms with Crippen molar-refractivity contribution in [2.24, 2.45) is 0 Å². The van der Waals surface area contributed by atoms with Gasteiger partial charge in [-0.2, -0.15) is 13.2 Å². The molecule has 1 unspecified atom stereocenters. The smallest absolute Gasteiger partial charge is 0.378 e. The fourth-order valence-electron chi connectivity index (χ4n) is 4.70. The highest BCUT2D eigenvalue weighted by molar-refractivity contribution is 6.30. The molecule has 1 aliphatic heterocycles. The molecular formula is C25H20ClF4N3O3. The lowest BCUT2D eigenvalue weighted by Gasteiger charge is -2.30. The van der Waals surface area contributed by atoms with Crippen LogP contribution in [0.2, 0.25) is 5.02 Å². The first-order chi connectivity index (χ1) is 17.0. The van der Waals surface area contributed by atoms with Crippen LogP contribution < -0.4 is 5.56 Å². The molecular weight excluding hydrogens is 502 g/mol. The summed E-state index contributed by atoms with van der Waals surface area (Å²) in [5, 5.41) is 11.0. The van der Waals surface area contributed by atoms with Gasteiger partial charge >= 0.3 is 6.18 Å². The number of carbonyl (C=O) groups excluding carboxylic acids is 1. The van der Waals surface area contributed by atoms with Crippen LogP contribution in [0.25, 0.3) is 0 Å². The molecule has 5 rings (SSSR count). The largest absolute Gasteiger partial charge is 0.419 e. The molecule has 0 bridgehead atoms. The molecule has 3 aromatic rings. The number of nitrogens with one attached hydrogen (secondary N) is 1. The summed E-state index contributed by atoms with van der Waals surface area (Å²) in [6.07, 6.45) is -5.37. The number of amides is 1. The first-order valence-electron chi connectivity index (χ1n) is 11.2. The van der Waals surface area contributed by atoms with Gasteiger partial charge in [0.15, 0.2) is 6.10 Å². The van der Waals surface area contributed by atoms with Crippen LogP contribution in [0.4, 0.5) is 17.6 Å². The molecule has 0 radical (unpaired) electrons. The van der Waals surface area contributed by atoms with E-state index < -0.39 is 46.1 Å². The van der Waals surface area contributed by atoms with Gasteiger partial charge < -0.3 is 15.0 Å². The van der Waals surface area contributed by atoms with E-state index >= 15 is 0 Å². The first-order valence-corrected chi connectivity index (χ1v) is 11.6. The number of aliphatic hydroxyl groups is 1. The van der Waals surface area contributed by atoms with E-state index in [-0.39, 0.29) is 25.1 Å². The van der Waals surface area contributed by atoms with Gasteiger partial charge in [0.2, 0.25) is 0 Å². The van der Waals surface area contributed by atoms with Crippen molar-refractivity contribution in [1.82, 2.24) is 14.9 Å². The van der Waals surface area contributed by atoms with Crippen LogP contribution in [-0.2, 0) is 29.4 Å². The number of rotatable bonds is 4. The highest BCUT2D eigenvalue weighted by Gasteiger charge is 2.49. The minimum atomic E-state index is -4.98. The summed E-state index contributed by atoms with van der Waals surface area (Å²) in [4.78, 5) is 34.4. The van der Waals surface area contributed by atoms with E-state index in [1.54, 1.807) is 6.07 Å². The van der Waals surface area contributed by atoms with Crippen molar-refractivity contribution in [3.8, 4) is 0 Å². The molecule has 1 aromatic heterocycles. The van der Waals surface area contributed by atoms with E-state index in [2.05, 4.69) is 9.97 Å². The number of alkyl halides is 3. The van der Waals surface area contributed by atoms with E-state index in [0.29, 0.717) is 22.6 Å². The van der Waals surface area contributed by atoms with Crippen molar-refractivity contribution in [3.05, 3.63) is 97.4 Å². The van der Waals surface area contributed by atoms with Gasteiger partial charge in [-0.25, -0.2) is 9.37 Å². The average Bonchev–Trinajstić information content (AvgIpc) is 3.65. The van der Waals surface area contributed by atoms with Crippen LogP contribution in [0.5, 0.6) is 0 Å². The number of nitrogens with zero attached hydrogens (tertiary/aromatic N) is 2. The molecule has 2 aromatic carbocycles. The number of halogens is 5. The van der Waals surface area contributed by atoms with Crippen molar-refractivity contribution >= 4 is 17.5 Å². The van der Waals surface area contributed by atoms with Crippen LogP contribution in [0, 0.1) is 5.82 Å². The summed E-state index contributed by atoms with van der Waals surface area (Å²) in [5.74, 6) is -2.19. The zero-order chi connectivity index (χ0) is 25.8. The third kappa shape index (κ3) is 4.18. The Morgan fingerprint density at radius 2 is 1.92 bits per heavy atom. The van der Waals surface area contributed by atoms with Crippen molar-refractivity contribution in [2.75, 3.05) is 6.54 Å². The Hall–Kier alpha value is -3.24. The number of benzene rings is 2. The Bertz CT molecular complexity index is 1420. The molecule has 1 amide bonds. The number of fused-ring (bicyclic) bond motifs is 1. The molecule has 2 aliphatic rings. The van der Waals surface area contributed by atoms with Crippen LogP contribution in [-0.4, -0.2) is 32.4 Å². The predicted octanol–water partition coefficient (Wildman–Crippen LogP) is 4.28. The summed E-state index contributed by atoms with van der Waals surface area (Å²) in [5.41, 5.74) is -1.57.